The monoisotopic (exact) mass is 879 g/mol. The number of pyridine rings is 1. The molecule has 0 aliphatic heterocycles. The van der Waals surface area contributed by atoms with Crippen molar-refractivity contribution in [2.75, 3.05) is 0 Å². The first-order chi connectivity index (χ1) is 32.6. The highest BCUT2D eigenvalue weighted by molar-refractivity contribution is 7.21. The number of aromatic hydroxyl groups is 2. The third kappa shape index (κ3) is 6.59. The summed E-state index contributed by atoms with van der Waals surface area (Å²) in [6.45, 7) is 0. The van der Waals surface area contributed by atoms with E-state index in [9.17, 15) is 10.2 Å². The number of phenols is 2. The fraction of sp³-hybridized carbons (Fsp3) is 0. The van der Waals surface area contributed by atoms with Gasteiger partial charge >= 0.3 is 0 Å². The number of nitrogens with zero attached hydrogens (tertiary/aromatic N) is 1. The molecular formula is C61H45NO2Si2. The molecule has 0 aliphatic rings. The van der Waals surface area contributed by atoms with Gasteiger partial charge in [0.25, 0.3) is 0 Å². The summed E-state index contributed by atoms with van der Waals surface area (Å²) >= 11 is 0. The van der Waals surface area contributed by atoms with Crippen LogP contribution in [0, 0.1) is 0 Å². The smallest absolute Gasteiger partial charge is 0.184 e. The van der Waals surface area contributed by atoms with Crippen LogP contribution >= 0.6 is 0 Å². The Morgan fingerprint density at radius 3 is 0.818 bits per heavy atom. The van der Waals surface area contributed by atoms with E-state index in [1.165, 1.54) is 0 Å². The molecule has 0 aliphatic carbocycles. The Hall–Kier alpha value is -8.10. The molecule has 0 atom stereocenters. The molecular weight excluding hydrogens is 835 g/mol. The Balaban J connectivity index is 1.21. The fourth-order valence-electron chi connectivity index (χ4n) is 10.5. The van der Waals surface area contributed by atoms with Gasteiger partial charge in [0, 0.05) is 11.1 Å². The molecule has 314 valence electrons. The third-order valence-corrected chi connectivity index (χ3v) is 22.9. The molecule has 11 rings (SSSR count). The SMILES string of the molecule is Oc1c([Si](c2ccccc2)(c2ccccc2)c2ccccc2)cc2ccccc2c1-c1cccc(-c2c(O)c([Si](c3ccccc3)(c3ccccc3)c3ccccc3)cc3ccccc23)n1. The molecule has 10 aromatic carbocycles. The van der Waals surface area contributed by atoms with Crippen molar-refractivity contribution < 1.29 is 10.2 Å². The minimum absolute atomic E-state index is 0.202. The fourth-order valence-corrected chi connectivity index (χ4v) is 20.3. The second kappa shape index (κ2) is 17.1. The van der Waals surface area contributed by atoms with Crippen LogP contribution in [0.1, 0.15) is 0 Å². The Morgan fingerprint density at radius 1 is 0.273 bits per heavy atom. The zero-order valence-corrected chi connectivity index (χ0v) is 38.2. The molecule has 1 aromatic heterocycles. The lowest BCUT2D eigenvalue weighted by Crippen LogP contribution is -2.74. The van der Waals surface area contributed by atoms with E-state index in [-0.39, 0.29) is 11.5 Å². The summed E-state index contributed by atoms with van der Waals surface area (Å²) in [6.07, 6.45) is 0. The molecule has 2 N–H and O–H groups in total. The van der Waals surface area contributed by atoms with Crippen molar-refractivity contribution in [3.8, 4) is 34.0 Å². The van der Waals surface area contributed by atoms with E-state index < -0.39 is 16.1 Å². The minimum Gasteiger partial charge on any atom is -0.507 e. The summed E-state index contributed by atoms with van der Waals surface area (Å²) in [5.74, 6) is 0.404. The van der Waals surface area contributed by atoms with E-state index in [1.54, 1.807) is 0 Å². The van der Waals surface area contributed by atoms with Gasteiger partial charge in [0.2, 0.25) is 0 Å². The molecule has 0 amide bonds. The molecule has 0 fully saturated rings. The number of hydrogen-bond donors (Lipinski definition) is 2. The predicted octanol–water partition coefficient (Wildman–Crippen LogP) is 8.89. The van der Waals surface area contributed by atoms with Gasteiger partial charge in [0.1, 0.15) is 11.5 Å². The summed E-state index contributed by atoms with van der Waals surface area (Å²) in [4.78, 5) is 5.53. The molecule has 0 saturated heterocycles. The molecule has 0 saturated carbocycles. The molecule has 3 nitrogen and oxygen atoms in total. The lowest BCUT2D eigenvalue weighted by molar-refractivity contribution is 0.481. The second-order valence-electron chi connectivity index (χ2n) is 16.8. The maximum atomic E-state index is 13.3. The molecule has 0 bridgehead atoms. The van der Waals surface area contributed by atoms with Crippen LogP contribution in [-0.4, -0.2) is 31.3 Å². The normalized spacial score (nSPS) is 11.8. The lowest BCUT2D eigenvalue weighted by Gasteiger charge is -2.35. The van der Waals surface area contributed by atoms with Gasteiger partial charge in [-0.3, -0.25) is 0 Å². The van der Waals surface area contributed by atoms with Gasteiger partial charge < -0.3 is 10.2 Å². The standard InChI is InChI=1S/C61H45NO2Si2/c63-60-56(65(46-26-7-1-8-27-46,47-28-9-2-10-29-47)48-30-11-3-12-31-48)42-44-24-19-21-38-52(44)58(60)54-40-23-41-55(62-54)59-53-39-22-20-25-45(53)43-57(61(59)64)66(49-32-13-4-14-33-49,50-34-15-5-16-35-50)51-36-17-6-18-37-51/h1-43,63-64H. The molecule has 5 heteroatoms. The van der Waals surface area contributed by atoms with Gasteiger partial charge in [-0.2, -0.15) is 0 Å². The molecule has 66 heavy (non-hydrogen) atoms. The predicted molar refractivity (Wildman–Crippen MR) is 281 cm³/mol. The average molecular weight is 880 g/mol. The number of hydrogen-bond acceptors (Lipinski definition) is 3. The van der Waals surface area contributed by atoms with Crippen molar-refractivity contribution in [3.05, 3.63) is 261 Å². The van der Waals surface area contributed by atoms with Crippen molar-refractivity contribution in [2.24, 2.45) is 0 Å². The first-order valence-electron chi connectivity index (χ1n) is 22.4. The number of fused-ring (bicyclic) bond motifs is 2. The van der Waals surface area contributed by atoms with Crippen LogP contribution < -0.4 is 41.5 Å². The highest BCUT2D eigenvalue weighted by Crippen LogP contribution is 2.40. The summed E-state index contributed by atoms with van der Waals surface area (Å²) in [7, 11) is -6.37. The quantitative estimate of drug-likeness (QED) is 0.107. The van der Waals surface area contributed by atoms with E-state index >= 15 is 0 Å². The van der Waals surface area contributed by atoms with Crippen molar-refractivity contribution in [2.45, 2.75) is 0 Å². The number of phenolic OH excluding ortho intramolecular Hbond substituents is 2. The van der Waals surface area contributed by atoms with Gasteiger partial charge in [-0.25, -0.2) is 4.98 Å². The van der Waals surface area contributed by atoms with Gasteiger partial charge in [0.05, 0.1) is 11.4 Å². The van der Waals surface area contributed by atoms with Crippen LogP contribution in [0.15, 0.2) is 261 Å². The number of aromatic nitrogens is 1. The maximum Gasteiger partial charge on any atom is 0.184 e. The lowest BCUT2D eigenvalue weighted by atomic mass is 9.98. The van der Waals surface area contributed by atoms with Gasteiger partial charge in [-0.05, 0) is 75.2 Å². The largest absolute Gasteiger partial charge is 0.507 e. The molecule has 0 radical (unpaired) electrons. The van der Waals surface area contributed by atoms with Gasteiger partial charge in [-0.15, -0.1) is 0 Å². The highest BCUT2D eigenvalue weighted by Gasteiger charge is 2.46. The van der Waals surface area contributed by atoms with Crippen molar-refractivity contribution in [1.29, 1.82) is 0 Å². The first-order valence-corrected chi connectivity index (χ1v) is 26.4. The number of benzene rings is 10. The van der Waals surface area contributed by atoms with E-state index in [0.717, 1.165) is 63.0 Å². The Labute approximate surface area is 387 Å². The first kappa shape index (κ1) is 40.7. The summed E-state index contributed by atoms with van der Waals surface area (Å²) < 4.78 is 0. The maximum absolute atomic E-state index is 13.3. The molecule has 0 unspecified atom stereocenters. The van der Waals surface area contributed by atoms with Crippen LogP contribution in [0.2, 0.25) is 0 Å². The van der Waals surface area contributed by atoms with Crippen LogP contribution in [0.3, 0.4) is 0 Å². The van der Waals surface area contributed by atoms with Crippen LogP contribution in [-0.2, 0) is 0 Å². The molecule has 11 aromatic rings. The van der Waals surface area contributed by atoms with Crippen LogP contribution in [0.5, 0.6) is 11.5 Å². The van der Waals surface area contributed by atoms with Gasteiger partial charge in [0.15, 0.2) is 16.1 Å². The van der Waals surface area contributed by atoms with Crippen LogP contribution in [0.4, 0.5) is 0 Å². The van der Waals surface area contributed by atoms with E-state index in [0.29, 0.717) is 22.5 Å². The summed E-state index contributed by atoms with van der Waals surface area (Å²) in [6, 6.07) is 91.1. The topological polar surface area (TPSA) is 53.4 Å². The van der Waals surface area contributed by atoms with Crippen molar-refractivity contribution in [1.82, 2.24) is 4.98 Å². The molecule has 1 heterocycles. The Kier molecular flexibility index (Phi) is 10.6. The summed E-state index contributed by atoms with van der Waals surface area (Å²) in [5.41, 5.74) is 2.55. The Morgan fingerprint density at radius 2 is 0.530 bits per heavy atom. The van der Waals surface area contributed by atoms with E-state index in [1.807, 2.05) is 30.3 Å². The van der Waals surface area contributed by atoms with Crippen LogP contribution in [0.25, 0.3) is 44.1 Å². The van der Waals surface area contributed by atoms with E-state index in [4.69, 9.17) is 4.98 Å². The zero-order valence-electron chi connectivity index (χ0n) is 36.2. The average Bonchev–Trinajstić information content (AvgIpc) is 3.39. The van der Waals surface area contributed by atoms with Gasteiger partial charge in [-0.1, -0.05) is 249 Å². The summed E-state index contributed by atoms with van der Waals surface area (Å²) in [5, 5.41) is 39.2. The van der Waals surface area contributed by atoms with E-state index in [2.05, 4.69) is 231 Å². The highest BCUT2D eigenvalue weighted by atomic mass is 28.3. The second-order valence-corrected chi connectivity index (χ2v) is 24.4. The molecule has 0 spiro atoms. The zero-order chi connectivity index (χ0) is 44.5. The minimum atomic E-state index is -3.19. The van der Waals surface area contributed by atoms with Crippen molar-refractivity contribution >= 4 is 79.2 Å². The number of rotatable bonds is 10. The Bertz CT molecular complexity index is 3060. The van der Waals surface area contributed by atoms with Crippen molar-refractivity contribution in [3.63, 3.8) is 0 Å². The third-order valence-electron chi connectivity index (χ3n) is 13.4.